The SMILES string of the molecule is CC(C)(C)Nc1cc(-c2ccc(C#Cc3csc(CF)n3)s2)nc2ccnn12. The van der Waals surface area contributed by atoms with Gasteiger partial charge in [-0.3, -0.25) is 0 Å². The van der Waals surface area contributed by atoms with E-state index in [1.54, 1.807) is 27.4 Å². The quantitative estimate of drug-likeness (QED) is 0.482. The number of thiophene rings is 1. The summed E-state index contributed by atoms with van der Waals surface area (Å²) in [5, 5.41) is 10.1. The first kappa shape index (κ1) is 18.6. The van der Waals surface area contributed by atoms with Crippen LogP contribution in [-0.2, 0) is 6.67 Å². The molecular weight excluding hydrogens is 393 g/mol. The van der Waals surface area contributed by atoms with E-state index in [2.05, 4.69) is 48.0 Å². The number of nitrogens with one attached hydrogen (secondary N) is 1. The van der Waals surface area contributed by atoms with Crippen LogP contribution >= 0.6 is 22.7 Å². The summed E-state index contributed by atoms with van der Waals surface area (Å²) in [7, 11) is 0. The van der Waals surface area contributed by atoms with Crippen LogP contribution in [0.5, 0.6) is 0 Å². The molecule has 0 unspecified atom stereocenters. The van der Waals surface area contributed by atoms with Crippen LogP contribution in [0, 0.1) is 11.8 Å². The van der Waals surface area contributed by atoms with Crippen LogP contribution in [0.2, 0.25) is 0 Å². The Labute approximate surface area is 170 Å². The van der Waals surface area contributed by atoms with Gasteiger partial charge in [0.05, 0.1) is 21.6 Å². The minimum absolute atomic E-state index is 0.102. The molecule has 0 atom stereocenters. The summed E-state index contributed by atoms with van der Waals surface area (Å²) in [6, 6.07) is 7.87. The van der Waals surface area contributed by atoms with E-state index in [1.165, 1.54) is 11.3 Å². The predicted molar refractivity (Wildman–Crippen MR) is 113 cm³/mol. The third-order valence-corrected chi connectivity index (χ3v) is 5.54. The van der Waals surface area contributed by atoms with Gasteiger partial charge in [0, 0.05) is 23.1 Å². The molecule has 0 radical (unpaired) electrons. The van der Waals surface area contributed by atoms with Crippen molar-refractivity contribution in [1.82, 2.24) is 19.6 Å². The summed E-state index contributed by atoms with van der Waals surface area (Å²) in [4.78, 5) is 10.8. The van der Waals surface area contributed by atoms with E-state index in [4.69, 9.17) is 4.98 Å². The second-order valence-corrected chi connectivity index (χ2v) is 9.20. The lowest BCUT2D eigenvalue weighted by atomic mass is 10.1. The molecule has 5 nitrogen and oxygen atoms in total. The number of hydrogen-bond donors (Lipinski definition) is 1. The largest absolute Gasteiger partial charge is 0.365 e. The van der Waals surface area contributed by atoms with Gasteiger partial charge in [-0.15, -0.1) is 22.7 Å². The maximum atomic E-state index is 12.6. The number of hydrogen-bond acceptors (Lipinski definition) is 6. The minimum atomic E-state index is -0.552. The van der Waals surface area contributed by atoms with Crippen LogP contribution in [0.15, 0.2) is 35.8 Å². The van der Waals surface area contributed by atoms with Gasteiger partial charge in [-0.25, -0.2) is 14.4 Å². The van der Waals surface area contributed by atoms with Crippen molar-refractivity contribution in [3.63, 3.8) is 0 Å². The highest BCUT2D eigenvalue weighted by atomic mass is 32.1. The van der Waals surface area contributed by atoms with Gasteiger partial charge in [0.1, 0.15) is 23.2 Å². The number of alkyl halides is 1. The zero-order valence-corrected chi connectivity index (χ0v) is 17.3. The Bertz CT molecular complexity index is 1190. The fraction of sp³-hybridized carbons (Fsp3) is 0.250. The molecule has 0 spiro atoms. The second kappa shape index (κ2) is 7.34. The van der Waals surface area contributed by atoms with Crippen LogP contribution in [-0.4, -0.2) is 25.1 Å². The van der Waals surface area contributed by atoms with Crippen LogP contribution in [0.25, 0.3) is 16.2 Å². The molecule has 0 saturated heterocycles. The van der Waals surface area contributed by atoms with Gasteiger partial charge in [0.25, 0.3) is 0 Å². The Morgan fingerprint density at radius 1 is 1.18 bits per heavy atom. The smallest absolute Gasteiger partial charge is 0.158 e. The second-order valence-electron chi connectivity index (χ2n) is 7.18. The Hall–Kier alpha value is -2.76. The molecule has 0 aliphatic heterocycles. The van der Waals surface area contributed by atoms with Crippen molar-refractivity contribution in [3.8, 4) is 22.4 Å². The number of thiazole rings is 1. The lowest BCUT2D eigenvalue weighted by molar-refractivity contribution is 0.483. The van der Waals surface area contributed by atoms with Crippen molar-refractivity contribution >= 4 is 34.1 Å². The van der Waals surface area contributed by atoms with Gasteiger partial charge in [-0.1, -0.05) is 0 Å². The Kier molecular flexibility index (Phi) is 4.87. The standard InChI is InChI=1S/C20H18FN5S2/c1-20(2,3)25-18-10-15(24-17-8-9-22-26(17)18)16-7-6-14(28-16)5-4-13-12-27-19(11-21)23-13/h6-10,12,25H,11H2,1-3H3. The first-order chi connectivity index (χ1) is 13.4. The fourth-order valence-corrected chi connectivity index (χ4v) is 4.00. The minimum Gasteiger partial charge on any atom is -0.365 e. The average molecular weight is 412 g/mol. The maximum Gasteiger partial charge on any atom is 0.158 e. The summed E-state index contributed by atoms with van der Waals surface area (Å²) >= 11 is 2.85. The van der Waals surface area contributed by atoms with E-state index in [-0.39, 0.29) is 5.54 Å². The van der Waals surface area contributed by atoms with E-state index >= 15 is 0 Å². The first-order valence-corrected chi connectivity index (χ1v) is 10.4. The number of anilines is 1. The third-order valence-electron chi connectivity index (χ3n) is 3.70. The van der Waals surface area contributed by atoms with E-state index in [0.717, 1.165) is 26.9 Å². The van der Waals surface area contributed by atoms with Gasteiger partial charge >= 0.3 is 0 Å². The summed E-state index contributed by atoms with van der Waals surface area (Å²) in [5.74, 6) is 6.99. The molecule has 0 amide bonds. The van der Waals surface area contributed by atoms with Crippen LogP contribution in [0.3, 0.4) is 0 Å². The molecule has 4 aromatic rings. The molecular formula is C20H18FN5S2. The van der Waals surface area contributed by atoms with Crippen molar-refractivity contribution in [3.05, 3.63) is 51.4 Å². The van der Waals surface area contributed by atoms with E-state index < -0.39 is 6.67 Å². The van der Waals surface area contributed by atoms with E-state index in [9.17, 15) is 4.39 Å². The Balaban J connectivity index is 1.66. The van der Waals surface area contributed by atoms with Crippen molar-refractivity contribution in [1.29, 1.82) is 0 Å². The summed E-state index contributed by atoms with van der Waals surface area (Å²) in [6.07, 6.45) is 1.74. The van der Waals surface area contributed by atoms with Crippen molar-refractivity contribution in [2.24, 2.45) is 0 Å². The normalized spacial score (nSPS) is 11.4. The molecule has 0 aromatic carbocycles. The Morgan fingerprint density at radius 2 is 2.04 bits per heavy atom. The zero-order chi connectivity index (χ0) is 19.7. The third kappa shape index (κ3) is 4.06. The topological polar surface area (TPSA) is 55.1 Å². The van der Waals surface area contributed by atoms with Crippen molar-refractivity contribution < 1.29 is 4.39 Å². The number of aromatic nitrogens is 4. The molecule has 28 heavy (non-hydrogen) atoms. The van der Waals surface area contributed by atoms with Crippen LogP contribution < -0.4 is 5.32 Å². The molecule has 0 saturated carbocycles. The van der Waals surface area contributed by atoms with Crippen molar-refractivity contribution in [2.75, 3.05) is 5.32 Å². The summed E-state index contributed by atoms with van der Waals surface area (Å²) in [5.41, 5.74) is 2.15. The maximum absolute atomic E-state index is 12.6. The van der Waals surface area contributed by atoms with Gasteiger partial charge in [-0.2, -0.15) is 9.61 Å². The molecule has 142 valence electrons. The Morgan fingerprint density at radius 3 is 2.79 bits per heavy atom. The number of nitrogens with zero attached hydrogens (tertiary/aromatic N) is 4. The first-order valence-electron chi connectivity index (χ1n) is 8.67. The number of halogens is 1. The van der Waals surface area contributed by atoms with E-state index in [0.29, 0.717) is 10.7 Å². The molecule has 0 aliphatic rings. The van der Waals surface area contributed by atoms with Gasteiger partial charge < -0.3 is 5.32 Å². The van der Waals surface area contributed by atoms with E-state index in [1.807, 2.05) is 24.3 Å². The highest BCUT2D eigenvalue weighted by Gasteiger charge is 2.15. The lowest BCUT2D eigenvalue weighted by Crippen LogP contribution is -2.27. The zero-order valence-electron chi connectivity index (χ0n) is 15.7. The number of rotatable bonds is 3. The average Bonchev–Trinajstić information content (AvgIpc) is 3.38. The highest BCUT2D eigenvalue weighted by Crippen LogP contribution is 2.29. The summed E-state index contributed by atoms with van der Waals surface area (Å²) < 4.78 is 14.4. The number of fused-ring (bicyclic) bond motifs is 1. The molecule has 1 N–H and O–H groups in total. The van der Waals surface area contributed by atoms with Crippen LogP contribution in [0.4, 0.5) is 10.2 Å². The molecule has 8 heteroatoms. The fourth-order valence-electron chi connectivity index (χ4n) is 2.61. The van der Waals surface area contributed by atoms with Gasteiger partial charge in [-0.05, 0) is 44.7 Å². The van der Waals surface area contributed by atoms with Gasteiger partial charge in [0.15, 0.2) is 5.65 Å². The molecule has 4 heterocycles. The highest BCUT2D eigenvalue weighted by molar-refractivity contribution is 7.16. The monoisotopic (exact) mass is 411 g/mol. The lowest BCUT2D eigenvalue weighted by Gasteiger charge is -2.22. The van der Waals surface area contributed by atoms with Gasteiger partial charge in [0.2, 0.25) is 0 Å². The predicted octanol–water partition coefficient (Wildman–Crippen LogP) is 4.99. The summed E-state index contributed by atoms with van der Waals surface area (Å²) in [6.45, 7) is 5.76. The van der Waals surface area contributed by atoms with Crippen LogP contribution in [0.1, 0.15) is 36.3 Å². The molecule has 4 aromatic heterocycles. The molecule has 0 aliphatic carbocycles. The molecule has 4 rings (SSSR count). The van der Waals surface area contributed by atoms with Crippen molar-refractivity contribution in [2.45, 2.75) is 33.0 Å². The molecule has 0 bridgehead atoms. The molecule has 0 fully saturated rings.